The van der Waals surface area contributed by atoms with Gasteiger partial charge in [-0.3, -0.25) is 4.79 Å². The van der Waals surface area contributed by atoms with Crippen LogP contribution in [0.25, 0.3) is 0 Å². The zero-order valence-corrected chi connectivity index (χ0v) is 11.2. The maximum Gasteiger partial charge on any atom is 0.224 e. The van der Waals surface area contributed by atoms with Gasteiger partial charge in [-0.15, -0.1) is 0 Å². The monoisotopic (exact) mass is 251 g/mol. The second-order valence-electron chi connectivity index (χ2n) is 4.84. The summed E-state index contributed by atoms with van der Waals surface area (Å²) >= 11 is 0. The molecule has 1 amide bonds. The lowest BCUT2D eigenvalue weighted by Gasteiger charge is -2.17. The molecule has 0 saturated carbocycles. The van der Waals surface area contributed by atoms with Gasteiger partial charge in [0.1, 0.15) is 5.75 Å². The lowest BCUT2D eigenvalue weighted by Crippen LogP contribution is -2.38. The predicted octanol–water partition coefficient (Wildman–Crippen LogP) is 1.51. The van der Waals surface area contributed by atoms with Gasteiger partial charge in [0.25, 0.3) is 0 Å². The lowest BCUT2D eigenvalue weighted by molar-refractivity contribution is -0.121. The largest absolute Gasteiger partial charge is 0.494 e. The lowest BCUT2D eigenvalue weighted by atomic mass is 10.1. The Bertz CT molecular complexity index is 379. The summed E-state index contributed by atoms with van der Waals surface area (Å²) in [5.41, 5.74) is 0.0424. The number of carbonyl (C=O) groups is 1. The molecule has 2 N–H and O–H groups in total. The highest BCUT2D eigenvalue weighted by Crippen LogP contribution is 2.12. The van der Waals surface area contributed by atoms with Crippen LogP contribution in [0.15, 0.2) is 24.3 Å². The molecular formula is C14H21NO3. The van der Waals surface area contributed by atoms with Crippen molar-refractivity contribution in [1.82, 2.24) is 5.32 Å². The van der Waals surface area contributed by atoms with Crippen molar-refractivity contribution in [1.29, 1.82) is 0 Å². The Morgan fingerprint density at radius 1 is 1.33 bits per heavy atom. The second kappa shape index (κ2) is 6.40. The molecule has 0 aliphatic heterocycles. The van der Waals surface area contributed by atoms with E-state index in [-0.39, 0.29) is 12.5 Å². The quantitative estimate of drug-likeness (QED) is 0.806. The third kappa shape index (κ3) is 5.68. The van der Waals surface area contributed by atoms with E-state index < -0.39 is 5.60 Å². The van der Waals surface area contributed by atoms with E-state index in [9.17, 15) is 9.90 Å². The number of rotatable bonds is 6. The molecule has 0 aromatic heterocycles. The highest BCUT2D eigenvalue weighted by atomic mass is 16.5. The van der Waals surface area contributed by atoms with Gasteiger partial charge in [0, 0.05) is 6.54 Å². The fourth-order valence-electron chi connectivity index (χ4n) is 1.43. The molecule has 0 spiro atoms. The summed E-state index contributed by atoms with van der Waals surface area (Å²) in [6.07, 6.45) is 0.308. The summed E-state index contributed by atoms with van der Waals surface area (Å²) in [4.78, 5) is 11.6. The van der Waals surface area contributed by atoms with Crippen LogP contribution in [0.1, 0.15) is 26.3 Å². The number of carbonyl (C=O) groups excluding carboxylic acids is 1. The number of amides is 1. The summed E-state index contributed by atoms with van der Waals surface area (Å²) in [7, 11) is 0. The molecule has 0 aliphatic rings. The Kier molecular flexibility index (Phi) is 5.16. The SMILES string of the molecule is CCOc1ccc(CC(=O)NCC(C)(C)O)cc1. The fraction of sp³-hybridized carbons (Fsp3) is 0.500. The molecule has 100 valence electrons. The minimum atomic E-state index is -0.880. The van der Waals surface area contributed by atoms with E-state index in [4.69, 9.17) is 4.74 Å². The van der Waals surface area contributed by atoms with Gasteiger partial charge in [-0.1, -0.05) is 12.1 Å². The number of ether oxygens (including phenoxy) is 1. The zero-order valence-electron chi connectivity index (χ0n) is 11.2. The summed E-state index contributed by atoms with van der Waals surface area (Å²) in [6.45, 7) is 6.13. The van der Waals surface area contributed by atoms with E-state index >= 15 is 0 Å². The van der Waals surface area contributed by atoms with Crippen LogP contribution in [0.2, 0.25) is 0 Å². The van der Waals surface area contributed by atoms with Crippen molar-refractivity contribution < 1.29 is 14.6 Å². The molecule has 0 heterocycles. The first-order chi connectivity index (χ1) is 8.40. The molecule has 0 radical (unpaired) electrons. The number of nitrogens with one attached hydrogen (secondary N) is 1. The summed E-state index contributed by atoms with van der Waals surface area (Å²) in [5, 5.41) is 12.2. The van der Waals surface area contributed by atoms with Gasteiger partial charge in [-0.25, -0.2) is 0 Å². The van der Waals surface area contributed by atoms with Crippen molar-refractivity contribution in [3.8, 4) is 5.75 Å². The van der Waals surface area contributed by atoms with Crippen LogP contribution in [0, 0.1) is 0 Å². The van der Waals surface area contributed by atoms with Crippen molar-refractivity contribution in [3.05, 3.63) is 29.8 Å². The van der Waals surface area contributed by atoms with E-state index in [1.807, 2.05) is 31.2 Å². The maximum atomic E-state index is 11.6. The minimum absolute atomic E-state index is 0.0960. The molecule has 0 fully saturated rings. The first-order valence-corrected chi connectivity index (χ1v) is 6.11. The topological polar surface area (TPSA) is 58.6 Å². The highest BCUT2D eigenvalue weighted by molar-refractivity contribution is 5.78. The average Bonchev–Trinajstić information content (AvgIpc) is 2.29. The highest BCUT2D eigenvalue weighted by Gasteiger charge is 2.13. The van der Waals surface area contributed by atoms with Crippen LogP contribution >= 0.6 is 0 Å². The third-order valence-corrected chi connectivity index (χ3v) is 2.32. The van der Waals surface area contributed by atoms with E-state index in [1.54, 1.807) is 13.8 Å². The van der Waals surface area contributed by atoms with Crippen molar-refractivity contribution in [3.63, 3.8) is 0 Å². The van der Waals surface area contributed by atoms with Crippen molar-refractivity contribution in [2.24, 2.45) is 0 Å². The van der Waals surface area contributed by atoms with Crippen molar-refractivity contribution >= 4 is 5.91 Å². The fourth-order valence-corrected chi connectivity index (χ4v) is 1.43. The molecule has 1 aromatic carbocycles. The smallest absolute Gasteiger partial charge is 0.224 e. The van der Waals surface area contributed by atoms with Crippen LogP contribution in [-0.4, -0.2) is 29.8 Å². The Morgan fingerprint density at radius 3 is 2.44 bits per heavy atom. The molecule has 4 heteroatoms. The summed E-state index contributed by atoms with van der Waals surface area (Å²) in [6, 6.07) is 7.44. The van der Waals surface area contributed by atoms with Gasteiger partial charge in [-0.2, -0.15) is 0 Å². The summed E-state index contributed by atoms with van der Waals surface area (Å²) < 4.78 is 5.32. The summed E-state index contributed by atoms with van der Waals surface area (Å²) in [5.74, 6) is 0.708. The van der Waals surface area contributed by atoms with Gasteiger partial charge in [0.05, 0.1) is 18.6 Å². The van der Waals surface area contributed by atoms with Crippen molar-refractivity contribution in [2.75, 3.05) is 13.2 Å². The van der Waals surface area contributed by atoms with Gasteiger partial charge in [-0.05, 0) is 38.5 Å². The number of hydrogen-bond acceptors (Lipinski definition) is 3. The minimum Gasteiger partial charge on any atom is -0.494 e. The normalized spacial score (nSPS) is 11.1. The molecule has 0 bridgehead atoms. The molecular weight excluding hydrogens is 230 g/mol. The van der Waals surface area contributed by atoms with Crippen LogP contribution in [0.5, 0.6) is 5.75 Å². The van der Waals surface area contributed by atoms with E-state index in [0.29, 0.717) is 13.0 Å². The molecule has 1 rings (SSSR count). The first-order valence-electron chi connectivity index (χ1n) is 6.11. The Hall–Kier alpha value is -1.55. The van der Waals surface area contributed by atoms with Gasteiger partial charge < -0.3 is 15.2 Å². The molecule has 18 heavy (non-hydrogen) atoms. The predicted molar refractivity (Wildman–Crippen MR) is 70.6 cm³/mol. The molecule has 0 saturated heterocycles. The van der Waals surface area contributed by atoms with Crippen LogP contribution in [0.3, 0.4) is 0 Å². The van der Waals surface area contributed by atoms with Gasteiger partial charge in [0.15, 0.2) is 0 Å². The second-order valence-corrected chi connectivity index (χ2v) is 4.84. The Morgan fingerprint density at radius 2 is 1.94 bits per heavy atom. The van der Waals surface area contributed by atoms with E-state index in [2.05, 4.69) is 5.32 Å². The van der Waals surface area contributed by atoms with Crippen molar-refractivity contribution in [2.45, 2.75) is 32.8 Å². The molecule has 1 aromatic rings. The first kappa shape index (κ1) is 14.5. The molecule has 0 atom stereocenters. The molecule has 0 aliphatic carbocycles. The number of hydrogen-bond donors (Lipinski definition) is 2. The zero-order chi connectivity index (χ0) is 13.6. The Labute approximate surface area is 108 Å². The Balaban J connectivity index is 2.44. The van der Waals surface area contributed by atoms with Gasteiger partial charge >= 0.3 is 0 Å². The van der Waals surface area contributed by atoms with E-state index in [0.717, 1.165) is 11.3 Å². The average molecular weight is 251 g/mol. The third-order valence-electron chi connectivity index (χ3n) is 2.32. The number of aliphatic hydroxyl groups is 1. The van der Waals surface area contributed by atoms with Gasteiger partial charge in [0.2, 0.25) is 5.91 Å². The van der Waals surface area contributed by atoms with Crippen LogP contribution < -0.4 is 10.1 Å². The van der Waals surface area contributed by atoms with Crippen LogP contribution in [0.4, 0.5) is 0 Å². The van der Waals surface area contributed by atoms with Crippen LogP contribution in [-0.2, 0) is 11.2 Å². The molecule has 4 nitrogen and oxygen atoms in total. The van der Waals surface area contributed by atoms with E-state index in [1.165, 1.54) is 0 Å². The maximum absolute atomic E-state index is 11.6. The number of benzene rings is 1. The molecule has 0 unspecified atom stereocenters. The standard InChI is InChI=1S/C14H21NO3/c1-4-18-12-7-5-11(6-8-12)9-13(16)15-10-14(2,3)17/h5-8,17H,4,9-10H2,1-3H3,(H,15,16).